The predicted molar refractivity (Wildman–Crippen MR) is 72.0 cm³/mol. The second-order valence-electron chi connectivity index (χ2n) is 4.25. The molecule has 17 heavy (non-hydrogen) atoms. The molecule has 0 saturated heterocycles. The molecule has 1 aliphatic heterocycles. The zero-order chi connectivity index (χ0) is 12.4. The van der Waals surface area contributed by atoms with Crippen LogP contribution in [-0.4, -0.2) is 25.0 Å². The number of hydrogen-bond acceptors (Lipinski definition) is 4. The normalized spacial score (nSPS) is 18.3. The van der Waals surface area contributed by atoms with Gasteiger partial charge in [-0.1, -0.05) is 19.0 Å². The summed E-state index contributed by atoms with van der Waals surface area (Å²) >= 11 is 1.58. The first-order valence-corrected chi connectivity index (χ1v) is 6.72. The quantitative estimate of drug-likeness (QED) is 0.644. The summed E-state index contributed by atoms with van der Waals surface area (Å²) in [5, 5.41) is 0. The maximum atomic E-state index is 11.0. The number of ketones is 1. The molecule has 5 heteroatoms. The number of carbonyl (C=O) groups is 1. The minimum atomic E-state index is -0.00196. The van der Waals surface area contributed by atoms with Crippen molar-refractivity contribution in [3.8, 4) is 0 Å². The number of Topliss-reactive ketones (excluding diaryl/α,β-unsaturated/α-hetero) is 1. The number of nitrogens with two attached hydrogens (primary N) is 1. The van der Waals surface area contributed by atoms with Crippen molar-refractivity contribution in [2.75, 3.05) is 12.3 Å². The Hall–Kier alpha value is -0.775. The third-order valence-corrected chi connectivity index (χ3v) is 4.08. The molecule has 1 heterocycles. The molecule has 2 rings (SSSR count). The number of benzene rings is 1. The number of carbonyl (C=O) groups excluding carboxylic acids is 1. The molecule has 1 aliphatic rings. The van der Waals surface area contributed by atoms with Crippen LogP contribution in [0.15, 0.2) is 23.1 Å². The fourth-order valence-corrected chi connectivity index (χ4v) is 3.13. The van der Waals surface area contributed by atoms with Crippen molar-refractivity contribution in [3.63, 3.8) is 0 Å². The highest BCUT2D eigenvalue weighted by Crippen LogP contribution is 2.28. The van der Waals surface area contributed by atoms with E-state index >= 15 is 0 Å². The fourth-order valence-electron chi connectivity index (χ4n) is 2.15. The summed E-state index contributed by atoms with van der Waals surface area (Å²) in [4.78, 5) is 12.2. The van der Waals surface area contributed by atoms with Crippen LogP contribution in [0.4, 0.5) is 0 Å². The average molecular weight is 249 g/mol. The van der Waals surface area contributed by atoms with Gasteiger partial charge in [0, 0.05) is 11.4 Å². The van der Waals surface area contributed by atoms with Gasteiger partial charge in [0.2, 0.25) is 0 Å². The Bertz CT molecular complexity index is 439. The third-order valence-electron chi connectivity index (χ3n) is 2.87. The lowest BCUT2D eigenvalue weighted by Crippen LogP contribution is -2.26. The highest BCUT2D eigenvalue weighted by atomic mass is 32.2. The molecule has 0 spiro atoms. The van der Waals surface area contributed by atoms with Gasteiger partial charge in [0.25, 0.3) is 0 Å². The van der Waals surface area contributed by atoms with Gasteiger partial charge in [-0.05, 0) is 24.0 Å². The lowest BCUT2D eigenvalue weighted by molar-refractivity contribution is -0.114. The Kier molecular flexibility index (Phi) is 3.91. The smallest absolute Gasteiger partial charge is 0.325 e. The lowest BCUT2D eigenvalue weighted by atomic mass is 9.64. The molecule has 0 radical (unpaired) electrons. The minimum absolute atomic E-state index is 0.00196. The van der Waals surface area contributed by atoms with Gasteiger partial charge in [-0.3, -0.25) is 4.79 Å². The molecule has 1 atom stereocenters. The largest absolute Gasteiger partial charge is 0.423 e. The summed E-state index contributed by atoms with van der Waals surface area (Å²) in [6, 6.07) is 6.12. The molecule has 0 aliphatic carbocycles. The van der Waals surface area contributed by atoms with Crippen LogP contribution < -0.4 is 11.2 Å². The Balaban J connectivity index is 2.30. The molecule has 0 unspecified atom stereocenters. The van der Waals surface area contributed by atoms with Gasteiger partial charge in [-0.25, -0.2) is 0 Å². The van der Waals surface area contributed by atoms with E-state index in [1.807, 2.05) is 19.0 Å². The zero-order valence-electron chi connectivity index (χ0n) is 10.1. The zero-order valence-corrected chi connectivity index (χ0v) is 10.9. The van der Waals surface area contributed by atoms with Gasteiger partial charge in [0.05, 0.1) is 11.9 Å². The van der Waals surface area contributed by atoms with E-state index in [1.165, 1.54) is 11.0 Å². The maximum Gasteiger partial charge on any atom is 0.325 e. The molecule has 1 aromatic rings. The van der Waals surface area contributed by atoms with E-state index < -0.39 is 0 Å². The summed E-state index contributed by atoms with van der Waals surface area (Å²) in [5.41, 5.74) is 8.07. The molecule has 1 aromatic carbocycles. The Morgan fingerprint density at radius 3 is 3.00 bits per heavy atom. The van der Waals surface area contributed by atoms with Gasteiger partial charge < -0.3 is 10.4 Å². The summed E-state index contributed by atoms with van der Waals surface area (Å²) in [6.07, 6.45) is -0.00196. The van der Waals surface area contributed by atoms with Crippen LogP contribution in [0.25, 0.3) is 0 Å². The predicted octanol–water partition coefficient (Wildman–Crippen LogP) is 1.23. The molecule has 3 nitrogen and oxygen atoms in total. The summed E-state index contributed by atoms with van der Waals surface area (Å²) in [7, 11) is 0. The van der Waals surface area contributed by atoms with Crippen molar-refractivity contribution in [1.29, 1.82) is 0 Å². The van der Waals surface area contributed by atoms with Gasteiger partial charge in [-0.2, -0.15) is 0 Å². The number of fused-ring (bicyclic) bond motifs is 1. The van der Waals surface area contributed by atoms with Crippen molar-refractivity contribution < 1.29 is 9.45 Å². The number of rotatable bonds is 4. The lowest BCUT2D eigenvalue weighted by Gasteiger charge is -2.09. The van der Waals surface area contributed by atoms with Crippen molar-refractivity contribution in [2.45, 2.75) is 24.7 Å². The van der Waals surface area contributed by atoms with E-state index in [2.05, 4.69) is 6.07 Å². The first-order valence-electron chi connectivity index (χ1n) is 5.74. The molecule has 2 N–H and O–H groups in total. The molecule has 0 fully saturated rings. The first-order chi connectivity index (χ1) is 8.13. The van der Waals surface area contributed by atoms with E-state index in [0.29, 0.717) is 12.3 Å². The number of thioether (sulfide) groups is 1. The van der Waals surface area contributed by atoms with Gasteiger partial charge >= 0.3 is 6.92 Å². The van der Waals surface area contributed by atoms with Crippen LogP contribution in [0.3, 0.4) is 0 Å². The van der Waals surface area contributed by atoms with E-state index in [4.69, 9.17) is 10.4 Å². The van der Waals surface area contributed by atoms with Crippen LogP contribution in [0, 0.1) is 0 Å². The van der Waals surface area contributed by atoms with Crippen molar-refractivity contribution in [3.05, 3.63) is 23.8 Å². The van der Waals surface area contributed by atoms with Crippen LogP contribution in [0.5, 0.6) is 0 Å². The van der Waals surface area contributed by atoms with Gasteiger partial charge in [0.15, 0.2) is 0 Å². The maximum absolute atomic E-state index is 11.0. The fraction of sp³-hybridized carbons (Fsp3) is 0.417. The molecular weight excluding hydrogens is 233 g/mol. The van der Waals surface area contributed by atoms with Crippen molar-refractivity contribution in [1.82, 2.24) is 0 Å². The molecule has 90 valence electrons. The van der Waals surface area contributed by atoms with Gasteiger partial charge in [0.1, 0.15) is 5.78 Å². The van der Waals surface area contributed by atoms with Crippen LogP contribution >= 0.6 is 11.8 Å². The van der Waals surface area contributed by atoms with E-state index in [-0.39, 0.29) is 18.8 Å². The second kappa shape index (κ2) is 5.25. The molecule has 0 bridgehead atoms. The average Bonchev–Trinajstić information content (AvgIpc) is 2.64. The number of hydrogen-bond donors (Lipinski definition) is 1. The Morgan fingerprint density at radius 1 is 1.59 bits per heavy atom. The van der Waals surface area contributed by atoms with Crippen molar-refractivity contribution >= 4 is 29.9 Å². The summed E-state index contributed by atoms with van der Waals surface area (Å²) in [5.74, 6) is 0.700. The highest BCUT2D eigenvalue weighted by molar-refractivity contribution is 8.00. The van der Waals surface area contributed by atoms with Crippen molar-refractivity contribution in [2.24, 2.45) is 5.73 Å². The van der Waals surface area contributed by atoms with Crippen LogP contribution in [-0.2, 0) is 9.45 Å². The topological polar surface area (TPSA) is 52.3 Å². The van der Waals surface area contributed by atoms with Crippen LogP contribution in [0.1, 0.15) is 18.6 Å². The molecule has 0 amide bonds. The Morgan fingerprint density at radius 2 is 2.35 bits per heavy atom. The monoisotopic (exact) mass is 249 g/mol. The van der Waals surface area contributed by atoms with Gasteiger partial charge in [-0.15, -0.1) is 11.8 Å². The molecule has 0 aromatic heterocycles. The van der Waals surface area contributed by atoms with E-state index in [1.54, 1.807) is 18.7 Å². The minimum Gasteiger partial charge on any atom is -0.423 e. The van der Waals surface area contributed by atoms with E-state index in [0.717, 1.165) is 4.90 Å². The van der Waals surface area contributed by atoms with Crippen LogP contribution in [0.2, 0.25) is 6.82 Å². The molecular formula is C12H16BNO2S. The summed E-state index contributed by atoms with van der Waals surface area (Å²) < 4.78 is 5.81. The summed E-state index contributed by atoms with van der Waals surface area (Å²) in [6.45, 7) is 4.21. The Labute approximate surface area is 106 Å². The first kappa shape index (κ1) is 12.7. The standard InChI is InChI=1S/C12H16BNO2S/c1-8(15)7-17-11-5-3-4-9-10(6-14)16-13(2)12(9)11/h3-5,10H,6-7,14H2,1-2H3/t10-/m1/s1. The second-order valence-corrected chi connectivity index (χ2v) is 5.27. The van der Waals surface area contributed by atoms with E-state index in [9.17, 15) is 4.79 Å². The highest BCUT2D eigenvalue weighted by Gasteiger charge is 2.32. The molecule has 0 saturated carbocycles. The SMILES string of the molecule is CB1O[C@H](CN)c2cccc(SCC(C)=O)c21. The third kappa shape index (κ3) is 2.56.